The number of sulfonamides is 1. The van der Waals surface area contributed by atoms with Gasteiger partial charge in [-0.2, -0.15) is 0 Å². The topological polar surface area (TPSA) is 109 Å². The minimum atomic E-state index is -3.53. The SMILES string of the molecule is C=CS(=O)(=O)Nc1ccc(CC(N)C(=O)O)cc1. The van der Waals surface area contributed by atoms with Gasteiger partial charge in [0.1, 0.15) is 6.04 Å². The van der Waals surface area contributed by atoms with Crippen molar-refractivity contribution >= 4 is 21.7 Å². The number of nitrogens with two attached hydrogens (primary N) is 1. The second-order valence-electron chi connectivity index (χ2n) is 3.66. The summed E-state index contributed by atoms with van der Waals surface area (Å²) in [5.41, 5.74) is 6.48. The van der Waals surface area contributed by atoms with Crippen molar-refractivity contribution in [1.82, 2.24) is 0 Å². The predicted molar refractivity (Wildman–Crippen MR) is 68.5 cm³/mol. The highest BCUT2D eigenvalue weighted by Crippen LogP contribution is 2.12. The van der Waals surface area contributed by atoms with E-state index >= 15 is 0 Å². The monoisotopic (exact) mass is 270 g/mol. The number of anilines is 1. The standard InChI is InChI=1S/C11H14N2O4S/c1-2-18(16,17)13-9-5-3-8(4-6-9)7-10(12)11(14)15/h2-6,10,13H,1,7,12H2,(H,14,15). The Labute approximate surface area is 105 Å². The average Bonchev–Trinajstić information content (AvgIpc) is 2.31. The fraction of sp³-hybridized carbons (Fsp3) is 0.182. The second kappa shape index (κ2) is 5.65. The molecule has 0 spiro atoms. The average molecular weight is 270 g/mol. The number of hydrogen-bond donors (Lipinski definition) is 3. The van der Waals surface area contributed by atoms with E-state index in [2.05, 4.69) is 11.3 Å². The Bertz CT molecular complexity index is 537. The smallest absolute Gasteiger partial charge is 0.320 e. The molecule has 1 unspecified atom stereocenters. The van der Waals surface area contributed by atoms with Crippen molar-refractivity contribution in [2.24, 2.45) is 5.73 Å². The Morgan fingerprint density at radius 1 is 1.44 bits per heavy atom. The molecule has 0 saturated heterocycles. The summed E-state index contributed by atoms with van der Waals surface area (Å²) in [5, 5.41) is 9.46. The zero-order valence-electron chi connectivity index (χ0n) is 9.54. The lowest BCUT2D eigenvalue weighted by Crippen LogP contribution is -2.32. The van der Waals surface area contributed by atoms with Gasteiger partial charge >= 0.3 is 5.97 Å². The lowest BCUT2D eigenvalue weighted by Gasteiger charge is -2.08. The van der Waals surface area contributed by atoms with E-state index in [-0.39, 0.29) is 6.42 Å². The van der Waals surface area contributed by atoms with Gasteiger partial charge < -0.3 is 10.8 Å². The molecule has 0 saturated carbocycles. The summed E-state index contributed by atoms with van der Waals surface area (Å²) in [7, 11) is -3.53. The number of hydrogen-bond acceptors (Lipinski definition) is 4. The number of carboxylic acid groups (broad SMARTS) is 1. The first-order chi connectivity index (χ1) is 8.34. The lowest BCUT2D eigenvalue weighted by atomic mass is 10.1. The van der Waals surface area contributed by atoms with Crippen LogP contribution in [0.4, 0.5) is 5.69 Å². The molecule has 0 bridgehead atoms. The van der Waals surface area contributed by atoms with Crippen LogP contribution in [0.5, 0.6) is 0 Å². The Morgan fingerprint density at radius 3 is 2.44 bits per heavy atom. The normalized spacial score (nSPS) is 12.7. The number of carboxylic acids is 1. The number of nitrogens with one attached hydrogen (secondary N) is 1. The van der Waals surface area contributed by atoms with E-state index in [1.165, 1.54) is 12.1 Å². The van der Waals surface area contributed by atoms with E-state index in [0.29, 0.717) is 11.3 Å². The quantitative estimate of drug-likeness (QED) is 0.698. The fourth-order valence-electron chi connectivity index (χ4n) is 1.26. The third-order valence-electron chi connectivity index (χ3n) is 2.21. The van der Waals surface area contributed by atoms with Crippen molar-refractivity contribution in [3.63, 3.8) is 0 Å². The molecule has 4 N–H and O–H groups in total. The van der Waals surface area contributed by atoms with Gasteiger partial charge in [0.2, 0.25) is 0 Å². The van der Waals surface area contributed by atoms with Gasteiger partial charge in [-0.3, -0.25) is 9.52 Å². The first-order valence-electron chi connectivity index (χ1n) is 5.06. The van der Waals surface area contributed by atoms with Gasteiger partial charge in [0.05, 0.1) is 0 Å². The molecule has 0 aliphatic carbocycles. The molecule has 1 atom stereocenters. The van der Waals surface area contributed by atoms with Crippen molar-refractivity contribution in [1.29, 1.82) is 0 Å². The van der Waals surface area contributed by atoms with E-state index in [0.717, 1.165) is 5.41 Å². The summed E-state index contributed by atoms with van der Waals surface area (Å²) in [5.74, 6) is -1.08. The Hall–Kier alpha value is -1.86. The van der Waals surface area contributed by atoms with Crippen LogP contribution in [-0.4, -0.2) is 25.5 Å². The number of benzene rings is 1. The maximum Gasteiger partial charge on any atom is 0.320 e. The van der Waals surface area contributed by atoms with Crippen LogP contribution in [0.15, 0.2) is 36.3 Å². The molecule has 6 nitrogen and oxygen atoms in total. The number of aliphatic carboxylic acids is 1. The maximum absolute atomic E-state index is 11.2. The van der Waals surface area contributed by atoms with Crippen LogP contribution in [0.2, 0.25) is 0 Å². The lowest BCUT2D eigenvalue weighted by molar-refractivity contribution is -0.138. The van der Waals surface area contributed by atoms with Gasteiger partial charge in [0.25, 0.3) is 10.0 Å². The molecule has 0 aromatic heterocycles. The summed E-state index contributed by atoms with van der Waals surface area (Å²) in [6.45, 7) is 3.17. The molecule has 0 heterocycles. The third kappa shape index (κ3) is 4.19. The van der Waals surface area contributed by atoms with Crippen LogP contribution in [0.3, 0.4) is 0 Å². The molecule has 0 fully saturated rings. The Kier molecular flexibility index (Phi) is 4.46. The maximum atomic E-state index is 11.2. The summed E-state index contributed by atoms with van der Waals surface area (Å²) in [6, 6.07) is 5.32. The molecule has 18 heavy (non-hydrogen) atoms. The highest BCUT2D eigenvalue weighted by molar-refractivity contribution is 7.95. The first-order valence-corrected chi connectivity index (χ1v) is 6.61. The highest BCUT2D eigenvalue weighted by Gasteiger charge is 2.12. The minimum Gasteiger partial charge on any atom is -0.480 e. The zero-order valence-corrected chi connectivity index (χ0v) is 10.4. The van der Waals surface area contributed by atoms with Crippen LogP contribution in [0, 0.1) is 0 Å². The molecule has 98 valence electrons. The van der Waals surface area contributed by atoms with Gasteiger partial charge in [0, 0.05) is 11.1 Å². The molecular formula is C11H14N2O4S. The van der Waals surface area contributed by atoms with Gasteiger partial charge in [0.15, 0.2) is 0 Å². The van der Waals surface area contributed by atoms with Gasteiger partial charge in [-0.15, -0.1) is 0 Å². The first kappa shape index (κ1) is 14.2. The minimum absolute atomic E-state index is 0.184. The Balaban J connectivity index is 2.75. The van der Waals surface area contributed by atoms with Crippen LogP contribution in [-0.2, 0) is 21.2 Å². The van der Waals surface area contributed by atoms with E-state index in [9.17, 15) is 13.2 Å². The number of rotatable bonds is 6. The van der Waals surface area contributed by atoms with E-state index in [1.807, 2.05) is 0 Å². The van der Waals surface area contributed by atoms with Crippen molar-refractivity contribution in [3.8, 4) is 0 Å². The number of carbonyl (C=O) groups is 1. The summed E-state index contributed by atoms with van der Waals surface area (Å²) in [4.78, 5) is 10.6. The molecule has 1 rings (SSSR count). The molecule has 1 aromatic rings. The van der Waals surface area contributed by atoms with Crippen LogP contribution < -0.4 is 10.5 Å². The zero-order chi connectivity index (χ0) is 13.8. The summed E-state index contributed by atoms with van der Waals surface area (Å²) in [6.07, 6.45) is 0.184. The molecule has 1 aromatic carbocycles. The van der Waals surface area contributed by atoms with Crippen LogP contribution in [0.1, 0.15) is 5.56 Å². The van der Waals surface area contributed by atoms with E-state index in [4.69, 9.17) is 10.8 Å². The van der Waals surface area contributed by atoms with Crippen molar-refractivity contribution in [3.05, 3.63) is 41.8 Å². The van der Waals surface area contributed by atoms with Crippen molar-refractivity contribution in [2.45, 2.75) is 12.5 Å². The molecular weight excluding hydrogens is 256 g/mol. The highest BCUT2D eigenvalue weighted by atomic mass is 32.2. The van der Waals surface area contributed by atoms with Crippen LogP contribution >= 0.6 is 0 Å². The summed E-state index contributed by atoms with van der Waals surface area (Å²) >= 11 is 0. The van der Waals surface area contributed by atoms with E-state index < -0.39 is 22.0 Å². The van der Waals surface area contributed by atoms with Gasteiger partial charge in [-0.1, -0.05) is 18.7 Å². The third-order valence-corrected chi connectivity index (χ3v) is 3.17. The predicted octanol–water partition coefficient (Wildman–Crippen LogP) is 0.526. The Morgan fingerprint density at radius 2 is 2.00 bits per heavy atom. The second-order valence-corrected chi connectivity index (χ2v) is 5.29. The van der Waals surface area contributed by atoms with Gasteiger partial charge in [-0.05, 0) is 24.1 Å². The van der Waals surface area contributed by atoms with E-state index in [1.54, 1.807) is 12.1 Å². The summed E-state index contributed by atoms with van der Waals surface area (Å²) < 4.78 is 24.7. The van der Waals surface area contributed by atoms with Gasteiger partial charge in [-0.25, -0.2) is 8.42 Å². The fourth-order valence-corrected chi connectivity index (χ4v) is 1.80. The van der Waals surface area contributed by atoms with Crippen molar-refractivity contribution < 1.29 is 18.3 Å². The molecule has 0 aliphatic heterocycles. The molecule has 0 amide bonds. The van der Waals surface area contributed by atoms with Crippen molar-refractivity contribution in [2.75, 3.05) is 4.72 Å². The largest absolute Gasteiger partial charge is 0.480 e. The molecule has 0 radical (unpaired) electrons. The molecule has 7 heteroatoms. The molecule has 0 aliphatic rings. The van der Waals surface area contributed by atoms with Crippen LogP contribution in [0.25, 0.3) is 0 Å².